The number of nitrogens with two attached hydrogens (primary N) is 1. The predicted octanol–water partition coefficient (Wildman–Crippen LogP) is 1.57. The number of sulfone groups is 1. The zero-order valence-electron chi connectivity index (χ0n) is 12.0. The summed E-state index contributed by atoms with van der Waals surface area (Å²) < 4.78 is 29.3. The first-order valence-electron chi connectivity index (χ1n) is 6.87. The largest absolute Gasteiger partial charge is 0.497 e. The van der Waals surface area contributed by atoms with Gasteiger partial charge in [0.25, 0.3) is 0 Å². The fraction of sp³-hybridized carbons (Fsp3) is 0.500. The molecule has 7 heteroatoms. The van der Waals surface area contributed by atoms with E-state index in [0.717, 1.165) is 12.8 Å². The highest BCUT2D eigenvalue weighted by Crippen LogP contribution is 2.26. The van der Waals surface area contributed by atoms with Gasteiger partial charge in [-0.05, 0) is 25.0 Å². The Balaban J connectivity index is 2.04. The van der Waals surface area contributed by atoms with E-state index in [1.54, 1.807) is 18.2 Å². The Morgan fingerprint density at radius 1 is 1.38 bits per heavy atom. The van der Waals surface area contributed by atoms with E-state index in [2.05, 4.69) is 5.32 Å². The molecule has 1 fully saturated rings. The molecule has 0 aromatic heterocycles. The van der Waals surface area contributed by atoms with Crippen LogP contribution in [-0.4, -0.2) is 32.4 Å². The molecule has 0 aliphatic heterocycles. The van der Waals surface area contributed by atoms with Crippen molar-refractivity contribution in [3.8, 4) is 5.75 Å². The number of carbonyl (C=O) groups excluding carboxylic acids is 1. The van der Waals surface area contributed by atoms with Crippen LogP contribution in [0.25, 0.3) is 0 Å². The predicted molar refractivity (Wildman–Crippen MR) is 82.1 cm³/mol. The normalized spacial score (nSPS) is 15.9. The van der Waals surface area contributed by atoms with E-state index in [1.807, 2.05) is 0 Å². The Bertz CT molecular complexity index is 622. The number of hydrogen-bond donors (Lipinski definition) is 2. The van der Waals surface area contributed by atoms with Crippen LogP contribution in [0.2, 0.25) is 0 Å². The zero-order valence-corrected chi connectivity index (χ0v) is 12.8. The van der Waals surface area contributed by atoms with Crippen LogP contribution < -0.4 is 15.8 Å². The average molecular weight is 312 g/mol. The number of ether oxygens (including phenoxy) is 1. The van der Waals surface area contributed by atoms with Crippen molar-refractivity contribution in [2.75, 3.05) is 23.9 Å². The van der Waals surface area contributed by atoms with E-state index in [9.17, 15) is 13.2 Å². The molecule has 0 unspecified atom stereocenters. The van der Waals surface area contributed by atoms with Gasteiger partial charge in [0.2, 0.25) is 5.91 Å². The molecule has 0 heterocycles. The minimum absolute atomic E-state index is 0.362. The standard InChI is InChI=1S/C14H20N2O4S/c1-20-10-6-7-12(15)13(8-10)16-14(17)9-21(18,19)11-4-2-3-5-11/h6-8,11H,2-5,9,15H2,1H3,(H,16,17). The van der Waals surface area contributed by atoms with Crippen molar-refractivity contribution < 1.29 is 17.9 Å². The van der Waals surface area contributed by atoms with Crippen LogP contribution in [0.15, 0.2) is 18.2 Å². The molecular formula is C14H20N2O4S. The fourth-order valence-corrected chi connectivity index (χ4v) is 4.23. The number of nitrogen functional groups attached to an aromatic ring is 1. The van der Waals surface area contributed by atoms with Crippen LogP contribution in [0.3, 0.4) is 0 Å². The quantitative estimate of drug-likeness (QED) is 0.804. The third kappa shape index (κ3) is 3.87. The maximum absolute atomic E-state index is 12.1. The Morgan fingerprint density at radius 3 is 2.67 bits per heavy atom. The second kappa shape index (κ2) is 6.34. The number of benzene rings is 1. The van der Waals surface area contributed by atoms with Gasteiger partial charge in [-0.2, -0.15) is 0 Å². The first kappa shape index (κ1) is 15.6. The molecule has 1 aliphatic carbocycles. The molecule has 0 radical (unpaired) electrons. The molecule has 1 saturated carbocycles. The van der Waals surface area contributed by atoms with Gasteiger partial charge in [0.15, 0.2) is 9.84 Å². The van der Waals surface area contributed by atoms with Crippen LogP contribution in [0.1, 0.15) is 25.7 Å². The van der Waals surface area contributed by atoms with Gasteiger partial charge in [0.05, 0.1) is 23.7 Å². The fourth-order valence-electron chi connectivity index (χ4n) is 2.50. The topological polar surface area (TPSA) is 98.5 Å². The van der Waals surface area contributed by atoms with E-state index >= 15 is 0 Å². The van der Waals surface area contributed by atoms with Gasteiger partial charge in [-0.15, -0.1) is 0 Å². The molecule has 1 aromatic rings. The van der Waals surface area contributed by atoms with E-state index in [1.165, 1.54) is 7.11 Å². The van der Waals surface area contributed by atoms with Crippen LogP contribution >= 0.6 is 0 Å². The lowest BCUT2D eigenvalue weighted by atomic mass is 10.2. The molecule has 1 amide bonds. The van der Waals surface area contributed by atoms with E-state index < -0.39 is 21.5 Å². The third-order valence-corrected chi connectivity index (χ3v) is 5.83. The molecule has 0 atom stereocenters. The van der Waals surface area contributed by atoms with E-state index in [4.69, 9.17) is 10.5 Å². The molecule has 0 bridgehead atoms. The Morgan fingerprint density at radius 2 is 2.05 bits per heavy atom. The Labute approximate surface area is 124 Å². The number of nitrogens with one attached hydrogen (secondary N) is 1. The zero-order chi connectivity index (χ0) is 15.5. The highest BCUT2D eigenvalue weighted by molar-refractivity contribution is 7.92. The van der Waals surface area contributed by atoms with Gasteiger partial charge < -0.3 is 15.8 Å². The number of hydrogen-bond acceptors (Lipinski definition) is 5. The SMILES string of the molecule is COc1ccc(N)c(NC(=O)CS(=O)(=O)C2CCCC2)c1. The van der Waals surface area contributed by atoms with E-state index in [0.29, 0.717) is 30.0 Å². The van der Waals surface area contributed by atoms with Crippen molar-refractivity contribution in [2.24, 2.45) is 0 Å². The summed E-state index contributed by atoms with van der Waals surface area (Å²) in [5.41, 5.74) is 6.48. The lowest BCUT2D eigenvalue weighted by molar-refractivity contribution is -0.113. The number of rotatable bonds is 5. The van der Waals surface area contributed by atoms with Crippen LogP contribution in [-0.2, 0) is 14.6 Å². The molecular weight excluding hydrogens is 292 g/mol. The Kier molecular flexibility index (Phi) is 4.72. The molecule has 1 aliphatic rings. The Hall–Kier alpha value is -1.76. The first-order chi connectivity index (χ1) is 9.92. The van der Waals surface area contributed by atoms with Gasteiger partial charge in [0.1, 0.15) is 11.5 Å². The van der Waals surface area contributed by atoms with Crippen molar-refractivity contribution in [3.05, 3.63) is 18.2 Å². The van der Waals surface area contributed by atoms with E-state index in [-0.39, 0.29) is 5.25 Å². The van der Waals surface area contributed by atoms with Gasteiger partial charge >= 0.3 is 0 Å². The number of amides is 1. The van der Waals surface area contributed by atoms with Gasteiger partial charge in [-0.3, -0.25) is 4.79 Å². The van der Waals surface area contributed by atoms with Crippen LogP contribution in [0.4, 0.5) is 11.4 Å². The summed E-state index contributed by atoms with van der Waals surface area (Å²) in [4.78, 5) is 11.9. The molecule has 6 nitrogen and oxygen atoms in total. The van der Waals surface area contributed by atoms with Gasteiger partial charge in [-0.25, -0.2) is 8.42 Å². The molecule has 21 heavy (non-hydrogen) atoms. The van der Waals surface area contributed by atoms with Crippen molar-refractivity contribution in [3.63, 3.8) is 0 Å². The maximum Gasteiger partial charge on any atom is 0.239 e. The summed E-state index contributed by atoms with van der Waals surface area (Å²) in [6, 6.07) is 4.83. The minimum Gasteiger partial charge on any atom is -0.497 e. The molecule has 0 spiro atoms. The molecule has 2 rings (SSSR count). The summed E-state index contributed by atoms with van der Waals surface area (Å²) >= 11 is 0. The third-order valence-electron chi connectivity index (χ3n) is 3.68. The second-order valence-electron chi connectivity index (χ2n) is 5.22. The van der Waals surface area contributed by atoms with Crippen molar-refractivity contribution in [1.82, 2.24) is 0 Å². The number of carbonyl (C=O) groups is 1. The molecule has 116 valence electrons. The van der Waals surface area contributed by atoms with Crippen molar-refractivity contribution in [1.29, 1.82) is 0 Å². The summed E-state index contributed by atoms with van der Waals surface area (Å²) in [7, 11) is -1.89. The molecule has 1 aromatic carbocycles. The average Bonchev–Trinajstić information content (AvgIpc) is 2.95. The van der Waals surface area contributed by atoms with Gasteiger partial charge in [-0.1, -0.05) is 12.8 Å². The summed E-state index contributed by atoms with van der Waals surface area (Å²) in [5.74, 6) is -0.533. The summed E-state index contributed by atoms with van der Waals surface area (Å²) in [6.45, 7) is 0. The molecule has 3 N–H and O–H groups in total. The minimum atomic E-state index is -3.39. The smallest absolute Gasteiger partial charge is 0.239 e. The summed E-state index contributed by atoms with van der Waals surface area (Å²) in [5, 5.41) is 2.16. The maximum atomic E-state index is 12.1. The highest BCUT2D eigenvalue weighted by atomic mass is 32.2. The van der Waals surface area contributed by atoms with Crippen molar-refractivity contribution in [2.45, 2.75) is 30.9 Å². The first-order valence-corrected chi connectivity index (χ1v) is 8.59. The monoisotopic (exact) mass is 312 g/mol. The number of anilines is 2. The second-order valence-corrected chi connectivity index (χ2v) is 7.50. The van der Waals surface area contributed by atoms with Crippen molar-refractivity contribution >= 4 is 27.1 Å². The molecule has 0 saturated heterocycles. The van der Waals surface area contributed by atoms with Crippen LogP contribution in [0.5, 0.6) is 5.75 Å². The highest BCUT2D eigenvalue weighted by Gasteiger charge is 2.30. The lowest BCUT2D eigenvalue weighted by Gasteiger charge is -2.12. The lowest BCUT2D eigenvalue weighted by Crippen LogP contribution is -2.29. The van der Waals surface area contributed by atoms with Crippen LogP contribution in [0, 0.1) is 0 Å². The number of methoxy groups -OCH3 is 1. The summed E-state index contributed by atoms with van der Waals surface area (Å²) in [6.07, 6.45) is 3.12. The van der Waals surface area contributed by atoms with Gasteiger partial charge in [0, 0.05) is 6.07 Å².